The van der Waals surface area contributed by atoms with Crippen LogP contribution >= 0.6 is 0 Å². The van der Waals surface area contributed by atoms with Crippen molar-refractivity contribution >= 4 is 10.9 Å². The lowest BCUT2D eigenvalue weighted by Gasteiger charge is -2.11. The normalized spacial score (nSPS) is 11.1. The molecule has 1 heterocycles. The summed E-state index contributed by atoms with van der Waals surface area (Å²) in [4.78, 5) is 4.37. The molecular formula is C15H19NO2. The summed E-state index contributed by atoms with van der Waals surface area (Å²) in [6.07, 6.45) is 1.02. The van der Waals surface area contributed by atoms with Gasteiger partial charge in [-0.3, -0.25) is 4.98 Å². The van der Waals surface area contributed by atoms with Crippen LogP contribution in [-0.2, 0) is 6.61 Å². The first kappa shape index (κ1) is 12.8. The molecule has 3 nitrogen and oxygen atoms in total. The van der Waals surface area contributed by atoms with Crippen LogP contribution in [0.2, 0.25) is 0 Å². The highest BCUT2D eigenvalue weighted by Gasteiger charge is 2.06. The number of fused-ring (bicyclic) bond motifs is 1. The molecule has 0 aliphatic rings. The van der Waals surface area contributed by atoms with Gasteiger partial charge in [0.05, 0.1) is 24.4 Å². The van der Waals surface area contributed by atoms with Gasteiger partial charge in [0.2, 0.25) is 0 Å². The van der Waals surface area contributed by atoms with Crippen LogP contribution in [0.1, 0.15) is 26.0 Å². The van der Waals surface area contributed by atoms with Gasteiger partial charge in [-0.15, -0.1) is 0 Å². The third kappa shape index (κ3) is 2.99. The fourth-order valence-corrected chi connectivity index (χ4v) is 1.80. The van der Waals surface area contributed by atoms with Crippen molar-refractivity contribution in [3.8, 4) is 5.75 Å². The first-order chi connectivity index (χ1) is 8.70. The maximum absolute atomic E-state index is 9.22. The summed E-state index contributed by atoms with van der Waals surface area (Å²) >= 11 is 0. The molecule has 1 N–H and O–H groups in total. The molecule has 0 saturated carbocycles. The van der Waals surface area contributed by atoms with Gasteiger partial charge in [0.15, 0.2) is 0 Å². The van der Waals surface area contributed by atoms with E-state index in [-0.39, 0.29) is 6.61 Å². The maximum atomic E-state index is 9.22. The molecule has 2 aromatic rings. The number of ether oxygens (including phenoxy) is 1. The van der Waals surface area contributed by atoms with E-state index in [4.69, 9.17) is 4.74 Å². The maximum Gasteiger partial charge on any atom is 0.130 e. The van der Waals surface area contributed by atoms with Crippen LogP contribution in [0.25, 0.3) is 10.9 Å². The topological polar surface area (TPSA) is 42.4 Å². The average Bonchev–Trinajstić information content (AvgIpc) is 2.38. The minimum absolute atomic E-state index is 0.0641. The minimum Gasteiger partial charge on any atom is -0.493 e. The fraction of sp³-hybridized carbons (Fsp3) is 0.400. The van der Waals surface area contributed by atoms with Crippen molar-refractivity contribution in [2.24, 2.45) is 5.92 Å². The monoisotopic (exact) mass is 245 g/mol. The molecule has 0 bridgehead atoms. The lowest BCUT2D eigenvalue weighted by Crippen LogP contribution is -2.03. The SMILES string of the molecule is CC(C)CCOc1cc(CO)nc2ccccc12. The van der Waals surface area contributed by atoms with Gasteiger partial charge in [-0.2, -0.15) is 0 Å². The van der Waals surface area contributed by atoms with E-state index in [1.165, 1.54) is 0 Å². The van der Waals surface area contributed by atoms with E-state index < -0.39 is 0 Å². The first-order valence-electron chi connectivity index (χ1n) is 6.33. The molecule has 0 aliphatic heterocycles. The molecule has 0 saturated heterocycles. The van der Waals surface area contributed by atoms with Crippen molar-refractivity contribution in [2.45, 2.75) is 26.9 Å². The van der Waals surface area contributed by atoms with Gasteiger partial charge in [-0.1, -0.05) is 26.0 Å². The highest BCUT2D eigenvalue weighted by molar-refractivity contribution is 5.85. The zero-order valence-corrected chi connectivity index (χ0v) is 10.9. The molecule has 3 heteroatoms. The molecule has 18 heavy (non-hydrogen) atoms. The van der Waals surface area contributed by atoms with Crippen molar-refractivity contribution in [3.05, 3.63) is 36.0 Å². The number of benzene rings is 1. The standard InChI is InChI=1S/C15H19NO2/c1-11(2)7-8-18-15-9-12(10-17)16-14-6-4-3-5-13(14)15/h3-6,9,11,17H,7-8,10H2,1-2H3. The lowest BCUT2D eigenvalue weighted by atomic mass is 10.1. The first-order valence-corrected chi connectivity index (χ1v) is 6.33. The number of para-hydroxylation sites is 1. The van der Waals surface area contributed by atoms with Crippen LogP contribution in [0.4, 0.5) is 0 Å². The van der Waals surface area contributed by atoms with E-state index in [1.54, 1.807) is 0 Å². The Morgan fingerprint density at radius 3 is 2.78 bits per heavy atom. The fourth-order valence-electron chi connectivity index (χ4n) is 1.80. The third-order valence-electron chi connectivity index (χ3n) is 2.85. The molecule has 0 unspecified atom stereocenters. The molecule has 0 fully saturated rings. The summed E-state index contributed by atoms with van der Waals surface area (Å²) < 4.78 is 5.82. The summed E-state index contributed by atoms with van der Waals surface area (Å²) in [7, 11) is 0. The highest BCUT2D eigenvalue weighted by atomic mass is 16.5. The highest BCUT2D eigenvalue weighted by Crippen LogP contribution is 2.25. The second-order valence-corrected chi connectivity index (χ2v) is 4.82. The second kappa shape index (κ2) is 5.83. The Balaban J connectivity index is 2.29. The number of aliphatic hydroxyl groups excluding tert-OH is 1. The number of hydrogen-bond acceptors (Lipinski definition) is 3. The lowest BCUT2D eigenvalue weighted by molar-refractivity contribution is 0.272. The Labute approximate surface area is 107 Å². The van der Waals surface area contributed by atoms with Crippen LogP contribution < -0.4 is 4.74 Å². The van der Waals surface area contributed by atoms with E-state index in [9.17, 15) is 5.11 Å². The number of nitrogens with zero attached hydrogens (tertiary/aromatic N) is 1. The van der Waals surface area contributed by atoms with E-state index >= 15 is 0 Å². The zero-order valence-electron chi connectivity index (χ0n) is 10.9. The van der Waals surface area contributed by atoms with Crippen LogP contribution in [0, 0.1) is 5.92 Å². The Hall–Kier alpha value is -1.61. The van der Waals surface area contributed by atoms with Crippen molar-refractivity contribution in [3.63, 3.8) is 0 Å². The van der Waals surface area contributed by atoms with Crippen molar-refractivity contribution in [2.75, 3.05) is 6.61 Å². The van der Waals surface area contributed by atoms with Crippen molar-refractivity contribution < 1.29 is 9.84 Å². The van der Waals surface area contributed by atoms with Crippen molar-refractivity contribution in [1.29, 1.82) is 0 Å². The molecular weight excluding hydrogens is 226 g/mol. The van der Waals surface area contributed by atoms with E-state index in [2.05, 4.69) is 18.8 Å². The van der Waals surface area contributed by atoms with E-state index in [0.29, 0.717) is 18.2 Å². The van der Waals surface area contributed by atoms with Crippen LogP contribution in [0.3, 0.4) is 0 Å². The van der Waals surface area contributed by atoms with Gasteiger partial charge >= 0.3 is 0 Å². The summed E-state index contributed by atoms with van der Waals surface area (Å²) in [5.41, 5.74) is 1.51. The van der Waals surface area contributed by atoms with Gasteiger partial charge in [0.1, 0.15) is 5.75 Å². The summed E-state index contributed by atoms with van der Waals surface area (Å²) in [6, 6.07) is 9.66. The van der Waals surface area contributed by atoms with Gasteiger partial charge in [0.25, 0.3) is 0 Å². The van der Waals surface area contributed by atoms with Gasteiger partial charge in [0, 0.05) is 11.5 Å². The molecule has 0 amide bonds. The van der Waals surface area contributed by atoms with E-state index in [0.717, 1.165) is 23.1 Å². The molecule has 0 atom stereocenters. The summed E-state index contributed by atoms with van der Waals surface area (Å²) in [5.74, 6) is 1.43. The number of pyridine rings is 1. The predicted molar refractivity (Wildman–Crippen MR) is 72.6 cm³/mol. The molecule has 1 aromatic heterocycles. The predicted octanol–water partition coefficient (Wildman–Crippen LogP) is 3.15. The Bertz CT molecular complexity index is 523. The summed E-state index contributed by atoms with van der Waals surface area (Å²) in [6.45, 7) is 4.97. The van der Waals surface area contributed by atoms with Gasteiger partial charge in [-0.25, -0.2) is 0 Å². The number of aliphatic hydroxyl groups is 1. The second-order valence-electron chi connectivity index (χ2n) is 4.82. The Morgan fingerprint density at radius 2 is 2.06 bits per heavy atom. The number of hydrogen-bond donors (Lipinski definition) is 1. The minimum atomic E-state index is -0.0641. The molecule has 0 spiro atoms. The quantitative estimate of drug-likeness (QED) is 0.879. The molecule has 0 aliphatic carbocycles. The van der Waals surface area contributed by atoms with Gasteiger partial charge < -0.3 is 9.84 Å². The van der Waals surface area contributed by atoms with Crippen LogP contribution in [-0.4, -0.2) is 16.7 Å². The Morgan fingerprint density at radius 1 is 1.28 bits per heavy atom. The average molecular weight is 245 g/mol. The third-order valence-corrected chi connectivity index (χ3v) is 2.85. The molecule has 96 valence electrons. The number of rotatable bonds is 5. The smallest absolute Gasteiger partial charge is 0.130 e. The van der Waals surface area contributed by atoms with Crippen LogP contribution in [0.5, 0.6) is 5.75 Å². The van der Waals surface area contributed by atoms with Crippen LogP contribution in [0.15, 0.2) is 30.3 Å². The Kier molecular flexibility index (Phi) is 4.15. The molecule has 2 rings (SSSR count). The molecule has 1 aromatic carbocycles. The van der Waals surface area contributed by atoms with E-state index in [1.807, 2.05) is 30.3 Å². The largest absolute Gasteiger partial charge is 0.493 e. The van der Waals surface area contributed by atoms with Gasteiger partial charge in [-0.05, 0) is 24.5 Å². The zero-order chi connectivity index (χ0) is 13.0. The number of aromatic nitrogens is 1. The summed E-state index contributed by atoms with van der Waals surface area (Å²) in [5, 5.41) is 10.2. The van der Waals surface area contributed by atoms with Crippen molar-refractivity contribution in [1.82, 2.24) is 4.98 Å². The molecule has 0 radical (unpaired) electrons.